The van der Waals surface area contributed by atoms with Crippen LogP contribution in [0.25, 0.3) is 0 Å². The van der Waals surface area contributed by atoms with Crippen molar-refractivity contribution < 1.29 is 9.63 Å². The molecule has 2 aromatic carbocycles. The summed E-state index contributed by atoms with van der Waals surface area (Å²) in [4.78, 5) is 17.1. The lowest BCUT2D eigenvalue weighted by Gasteiger charge is -2.01. The lowest BCUT2D eigenvalue weighted by atomic mass is 10.1. The quantitative estimate of drug-likeness (QED) is 0.485. The van der Waals surface area contributed by atoms with Crippen molar-refractivity contribution in [3.05, 3.63) is 71.8 Å². The largest absolute Gasteiger partial charge is 0.338 e. The molecule has 3 nitrogen and oxygen atoms in total. The second-order valence-corrected chi connectivity index (χ2v) is 5.31. The van der Waals surface area contributed by atoms with Crippen LogP contribution in [0.3, 0.4) is 0 Å². The second kappa shape index (κ2) is 5.92. The number of hydrogen-bond donors (Lipinski definition) is 0. The van der Waals surface area contributed by atoms with Gasteiger partial charge in [0.1, 0.15) is 0 Å². The van der Waals surface area contributed by atoms with Crippen LogP contribution in [0, 0.1) is 5.92 Å². The fourth-order valence-electron chi connectivity index (χ4n) is 2.44. The first-order chi connectivity index (χ1) is 10.3. The van der Waals surface area contributed by atoms with E-state index in [-0.39, 0.29) is 17.8 Å². The van der Waals surface area contributed by atoms with E-state index in [2.05, 4.69) is 17.3 Å². The van der Waals surface area contributed by atoms with Crippen molar-refractivity contribution in [2.75, 3.05) is 0 Å². The lowest BCUT2D eigenvalue weighted by Crippen LogP contribution is -2.06. The van der Waals surface area contributed by atoms with Crippen LogP contribution in [-0.4, -0.2) is 11.7 Å². The third-order valence-corrected chi connectivity index (χ3v) is 3.79. The molecule has 0 spiro atoms. The smallest absolute Gasteiger partial charge is 0.318 e. The summed E-state index contributed by atoms with van der Waals surface area (Å²) < 4.78 is 0. The van der Waals surface area contributed by atoms with Crippen LogP contribution in [0.4, 0.5) is 0 Å². The predicted octanol–water partition coefficient (Wildman–Crippen LogP) is 3.76. The average Bonchev–Trinajstić information content (AvgIpc) is 3.35. The Hall–Kier alpha value is -2.42. The van der Waals surface area contributed by atoms with Crippen molar-refractivity contribution in [2.45, 2.75) is 19.3 Å². The highest BCUT2D eigenvalue weighted by Gasteiger charge is 2.45. The third-order valence-electron chi connectivity index (χ3n) is 3.79. The molecule has 1 aliphatic rings. The van der Waals surface area contributed by atoms with E-state index in [0.29, 0.717) is 5.71 Å². The van der Waals surface area contributed by atoms with Crippen LogP contribution < -0.4 is 0 Å². The van der Waals surface area contributed by atoms with Gasteiger partial charge in [-0.25, -0.2) is 4.79 Å². The van der Waals surface area contributed by atoms with Crippen LogP contribution in [0.5, 0.6) is 0 Å². The fraction of sp³-hybridized carbons (Fsp3) is 0.222. The van der Waals surface area contributed by atoms with E-state index < -0.39 is 0 Å². The van der Waals surface area contributed by atoms with Crippen molar-refractivity contribution in [3.8, 4) is 0 Å². The maximum Gasteiger partial charge on any atom is 0.338 e. The monoisotopic (exact) mass is 279 g/mol. The summed E-state index contributed by atoms with van der Waals surface area (Å²) in [6.45, 7) is 1.84. The van der Waals surface area contributed by atoms with E-state index in [1.807, 2.05) is 55.5 Å². The Morgan fingerprint density at radius 1 is 1.05 bits per heavy atom. The summed E-state index contributed by atoms with van der Waals surface area (Å²) in [6.07, 6.45) is 0.850. The zero-order valence-electron chi connectivity index (χ0n) is 11.9. The maximum absolute atomic E-state index is 12.0. The van der Waals surface area contributed by atoms with E-state index >= 15 is 0 Å². The molecule has 0 aliphatic heterocycles. The molecule has 0 amide bonds. The molecule has 2 aromatic rings. The molecule has 2 atom stereocenters. The highest BCUT2D eigenvalue weighted by Crippen LogP contribution is 2.48. The van der Waals surface area contributed by atoms with Crippen molar-refractivity contribution in [2.24, 2.45) is 11.1 Å². The fourth-order valence-corrected chi connectivity index (χ4v) is 2.44. The molecule has 0 aromatic heterocycles. The van der Waals surface area contributed by atoms with Gasteiger partial charge in [0, 0.05) is 0 Å². The predicted molar refractivity (Wildman–Crippen MR) is 82.0 cm³/mol. The van der Waals surface area contributed by atoms with Gasteiger partial charge in [-0.15, -0.1) is 0 Å². The van der Waals surface area contributed by atoms with Crippen LogP contribution >= 0.6 is 0 Å². The molecular weight excluding hydrogens is 262 g/mol. The lowest BCUT2D eigenvalue weighted by molar-refractivity contribution is -0.145. The van der Waals surface area contributed by atoms with Crippen LogP contribution in [0.1, 0.15) is 30.4 Å². The summed E-state index contributed by atoms with van der Waals surface area (Å²) in [5.41, 5.74) is 2.87. The zero-order valence-corrected chi connectivity index (χ0v) is 11.9. The van der Waals surface area contributed by atoms with Crippen LogP contribution in [0.15, 0.2) is 65.8 Å². The minimum atomic E-state index is -0.237. The maximum atomic E-state index is 12.0. The van der Waals surface area contributed by atoms with Crippen LogP contribution in [0.2, 0.25) is 0 Å². The van der Waals surface area contributed by atoms with E-state index in [9.17, 15) is 4.79 Å². The molecule has 0 radical (unpaired) electrons. The molecule has 0 N–H and O–H groups in total. The molecule has 3 heteroatoms. The first-order valence-corrected chi connectivity index (χ1v) is 7.11. The molecule has 1 saturated carbocycles. The van der Waals surface area contributed by atoms with Gasteiger partial charge in [-0.05, 0) is 30.4 Å². The summed E-state index contributed by atoms with van der Waals surface area (Å²) in [5.74, 6) is -0.00945. The number of carbonyl (C=O) groups excluding carboxylic acids is 1. The minimum Gasteiger partial charge on any atom is -0.318 e. The van der Waals surface area contributed by atoms with Gasteiger partial charge in [0.05, 0.1) is 11.6 Å². The highest BCUT2D eigenvalue weighted by atomic mass is 16.7. The van der Waals surface area contributed by atoms with Gasteiger partial charge in [-0.2, -0.15) is 0 Å². The Bertz CT molecular complexity index is 649. The summed E-state index contributed by atoms with van der Waals surface area (Å²) >= 11 is 0. The minimum absolute atomic E-state index is 0.0558. The molecule has 3 rings (SSSR count). The number of carbonyl (C=O) groups is 1. The Morgan fingerprint density at radius 2 is 1.67 bits per heavy atom. The first-order valence-electron chi connectivity index (χ1n) is 7.11. The Labute approximate surface area is 124 Å². The highest BCUT2D eigenvalue weighted by molar-refractivity contribution is 5.98. The van der Waals surface area contributed by atoms with E-state index in [1.54, 1.807) is 0 Å². The summed E-state index contributed by atoms with van der Waals surface area (Å²) in [5, 5.41) is 3.95. The Balaban J connectivity index is 1.59. The second-order valence-electron chi connectivity index (χ2n) is 5.31. The molecule has 21 heavy (non-hydrogen) atoms. The van der Waals surface area contributed by atoms with Gasteiger partial charge < -0.3 is 4.84 Å². The van der Waals surface area contributed by atoms with Gasteiger partial charge in [-0.3, -0.25) is 0 Å². The molecule has 0 heterocycles. The SMILES string of the molecule is C/C(=N\OC(=O)[C@@H]1C[C@H]1c1ccccc1)c1ccccc1. The van der Waals surface area contributed by atoms with E-state index in [1.165, 1.54) is 5.56 Å². The number of rotatable bonds is 4. The number of nitrogens with zero attached hydrogens (tertiary/aromatic N) is 1. The molecule has 0 saturated heterocycles. The Kier molecular flexibility index (Phi) is 3.82. The van der Waals surface area contributed by atoms with Gasteiger partial charge in [0.2, 0.25) is 0 Å². The van der Waals surface area contributed by atoms with Crippen molar-refractivity contribution >= 4 is 11.7 Å². The van der Waals surface area contributed by atoms with E-state index in [0.717, 1.165) is 12.0 Å². The van der Waals surface area contributed by atoms with Crippen molar-refractivity contribution in [3.63, 3.8) is 0 Å². The number of benzene rings is 2. The number of oxime groups is 1. The zero-order chi connectivity index (χ0) is 14.7. The third kappa shape index (κ3) is 3.19. The Morgan fingerprint density at radius 3 is 2.33 bits per heavy atom. The van der Waals surface area contributed by atoms with Crippen molar-refractivity contribution in [1.29, 1.82) is 0 Å². The molecule has 106 valence electrons. The molecule has 1 aliphatic carbocycles. The topological polar surface area (TPSA) is 38.7 Å². The van der Waals surface area contributed by atoms with Gasteiger partial charge in [0.15, 0.2) is 0 Å². The standard InChI is InChI=1S/C18H17NO2/c1-13(14-8-4-2-5-9-14)19-21-18(20)17-12-16(17)15-10-6-3-7-11-15/h2-11,16-17H,12H2,1H3/b19-13+/t16-,17+/m0/s1. The van der Waals surface area contributed by atoms with Crippen molar-refractivity contribution in [1.82, 2.24) is 0 Å². The number of hydrogen-bond acceptors (Lipinski definition) is 3. The summed E-state index contributed by atoms with van der Waals surface area (Å²) in [7, 11) is 0. The summed E-state index contributed by atoms with van der Waals surface area (Å²) in [6, 6.07) is 19.8. The molecule has 0 unspecified atom stereocenters. The van der Waals surface area contributed by atoms with Gasteiger partial charge in [0.25, 0.3) is 0 Å². The molecular formula is C18H17NO2. The average molecular weight is 279 g/mol. The molecule has 1 fully saturated rings. The van der Waals surface area contributed by atoms with Gasteiger partial charge in [-0.1, -0.05) is 65.8 Å². The first kappa shape index (κ1) is 13.6. The van der Waals surface area contributed by atoms with Crippen LogP contribution in [-0.2, 0) is 9.63 Å². The normalized spacial score (nSPS) is 20.9. The van der Waals surface area contributed by atoms with E-state index in [4.69, 9.17) is 4.84 Å². The van der Waals surface area contributed by atoms with Gasteiger partial charge >= 0.3 is 5.97 Å². The molecule has 0 bridgehead atoms.